The Morgan fingerprint density at radius 3 is 2.71 bits per heavy atom. The van der Waals surface area contributed by atoms with Gasteiger partial charge in [0, 0.05) is 5.56 Å². The summed E-state index contributed by atoms with van der Waals surface area (Å²) in [6.45, 7) is 2.38. The van der Waals surface area contributed by atoms with Crippen LogP contribution in [0.4, 0.5) is 5.69 Å². The molecule has 28 heavy (non-hydrogen) atoms. The van der Waals surface area contributed by atoms with Crippen LogP contribution in [0, 0.1) is 0 Å². The molecule has 1 aromatic heterocycles. The van der Waals surface area contributed by atoms with Gasteiger partial charge in [-0.3, -0.25) is 10.2 Å². The average Bonchev–Trinajstić information content (AvgIpc) is 2.73. The molecule has 1 heterocycles. The third-order valence-electron chi connectivity index (χ3n) is 3.83. The van der Waals surface area contributed by atoms with Crippen LogP contribution < -0.4 is 20.5 Å². The van der Waals surface area contributed by atoms with E-state index in [2.05, 4.69) is 15.6 Å². The lowest BCUT2D eigenvalue weighted by Gasteiger charge is -2.11. The molecule has 144 valence electrons. The van der Waals surface area contributed by atoms with Crippen LogP contribution in [0.25, 0.3) is 5.69 Å². The molecule has 0 saturated carbocycles. The molecule has 0 unspecified atom stereocenters. The van der Waals surface area contributed by atoms with Gasteiger partial charge in [-0.25, -0.2) is 0 Å². The molecule has 0 radical (unpaired) electrons. The molecule has 0 amide bonds. The Morgan fingerprint density at radius 1 is 1.21 bits per heavy atom. The Kier molecular flexibility index (Phi) is 6.29. The van der Waals surface area contributed by atoms with Gasteiger partial charge >= 0.3 is 0 Å². The minimum atomic E-state index is -0.440. The Labute approximate surface area is 167 Å². The van der Waals surface area contributed by atoms with Gasteiger partial charge in [0.05, 0.1) is 31.8 Å². The van der Waals surface area contributed by atoms with Crippen molar-refractivity contribution in [2.45, 2.75) is 6.92 Å². The van der Waals surface area contributed by atoms with E-state index in [9.17, 15) is 4.79 Å². The fourth-order valence-corrected chi connectivity index (χ4v) is 2.70. The van der Waals surface area contributed by atoms with Gasteiger partial charge in [-0.2, -0.15) is 14.9 Å². The van der Waals surface area contributed by atoms with Crippen LogP contribution in [0.3, 0.4) is 0 Å². The van der Waals surface area contributed by atoms with Crippen LogP contribution in [0.1, 0.15) is 12.5 Å². The number of benzene rings is 2. The average molecular weight is 399 g/mol. The number of anilines is 1. The molecular weight excluding hydrogens is 380 g/mol. The largest absolute Gasteiger partial charge is 0.493 e. The standard InChI is InChI=1S/C20H19ClN4O3/c1-3-28-19-14(8-7-11-17(19)27-2)12-22-24-16-13-23-25(20(26)18(16)21)15-9-5-4-6-10-15/h4-13,24H,3H2,1-2H3/b22-12-. The Balaban J connectivity index is 1.84. The second-order valence-corrected chi connectivity index (χ2v) is 5.98. The van der Waals surface area contributed by atoms with Crippen molar-refractivity contribution >= 4 is 23.5 Å². The minimum absolute atomic E-state index is 0.00771. The van der Waals surface area contributed by atoms with E-state index in [-0.39, 0.29) is 5.02 Å². The number of hydrogen-bond acceptors (Lipinski definition) is 6. The van der Waals surface area contributed by atoms with Crippen molar-refractivity contribution in [2.24, 2.45) is 5.10 Å². The topological polar surface area (TPSA) is 77.7 Å². The number of nitrogens with zero attached hydrogens (tertiary/aromatic N) is 3. The molecule has 0 atom stereocenters. The SMILES string of the molecule is CCOc1c(/C=N\Nc2cnn(-c3ccccc3)c(=O)c2Cl)cccc1OC. The van der Waals surface area contributed by atoms with Crippen LogP contribution in [0.15, 0.2) is 64.6 Å². The smallest absolute Gasteiger partial charge is 0.292 e. The van der Waals surface area contributed by atoms with E-state index in [1.165, 1.54) is 10.9 Å². The first-order valence-electron chi connectivity index (χ1n) is 8.57. The van der Waals surface area contributed by atoms with Crippen LogP contribution >= 0.6 is 11.6 Å². The third kappa shape index (κ3) is 4.15. The van der Waals surface area contributed by atoms with Crippen molar-refractivity contribution in [3.8, 4) is 17.2 Å². The van der Waals surface area contributed by atoms with E-state index < -0.39 is 5.56 Å². The van der Waals surface area contributed by atoms with Gasteiger partial charge in [0.25, 0.3) is 5.56 Å². The summed E-state index contributed by atoms with van der Waals surface area (Å²) < 4.78 is 12.2. The van der Waals surface area contributed by atoms with Crippen molar-refractivity contribution in [3.05, 3.63) is 75.7 Å². The molecule has 0 fully saturated rings. The molecule has 1 N–H and O–H groups in total. The van der Waals surface area contributed by atoms with Crippen molar-refractivity contribution in [2.75, 3.05) is 19.1 Å². The summed E-state index contributed by atoms with van der Waals surface area (Å²) in [6.07, 6.45) is 3.01. The second kappa shape index (κ2) is 9.05. The zero-order valence-electron chi connectivity index (χ0n) is 15.4. The van der Waals surface area contributed by atoms with Crippen LogP contribution in [0.5, 0.6) is 11.5 Å². The highest BCUT2D eigenvalue weighted by molar-refractivity contribution is 6.32. The number of ether oxygens (including phenoxy) is 2. The van der Waals surface area contributed by atoms with Gasteiger partial charge in [0.15, 0.2) is 11.5 Å². The van der Waals surface area contributed by atoms with E-state index in [4.69, 9.17) is 21.1 Å². The Morgan fingerprint density at radius 2 is 2.00 bits per heavy atom. The summed E-state index contributed by atoms with van der Waals surface area (Å²) in [4.78, 5) is 12.5. The maximum absolute atomic E-state index is 12.5. The molecule has 7 nitrogen and oxygen atoms in total. The monoisotopic (exact) mass is 398 g/mol. The van der Waals surface area contributed by atoms with Gasteiger partial charge in [-0.05, 0) is 31.2 Å². The summed E-state index contributed by atoms with van der Waals surface area (Å²) in [7, 11) is 1.57. The lowest BCUT2D eigenvalue weighted by atomic mass is 10.2. The molecule has 0 aliphatic carbocycles. The molecule has 0 spiro atoms. The maximum atomic E-state index is 12.5. The number of methoxy groups -OCH3 is 1. The first-order chi connectivity index (χ1) is 13.7. The fourth-order valence-electron chi connectivity index (χ4n) is 2.53. The van der Waals surface area contributed by atoms with Crippen molar-refractivity contribution in [1.29, 1.82) is 0 Å². The zero-order chi connectivity index (χ0) is 19.9. The summed E-state index contributed by atoms with van der Waals surface area (Å²) >= 11 is 6.20. The van der Waals surface area contributed by atoms with E-state index in [1.807, 2.05) is 37.3 Å². The predicted molar refractivity (Wildman–Crippen MR) is 110 cm³/mol. The molecule has 0 bridgehead atoms. The molecule has 3 rings (SSSR count). The normalized spacial score (nSPS) is 10.8. The number of hydrazone groups is 1. The van der Waals surface area contributed by atoms with Crippen molar-refractivity contribution < 1.29 is 9.47 Å². The number of halogens is 1. The highest BCUT2D eigenvalue weighted by Crippen LogP contribution is 2.30. The highest BCUT2D eigenvalue weighted by atomic mass is 35.5. The zero-order valence-corrected chi connectivity index (χ0v) is 16.2. The lowest BCUT2D eigenvalue weighted by Crippen LogP contribution is -2.22. The summed E-state index contributed by atoms with van der Waals surface area (Å²) in [5, 5.41) is 8.29. The van der Waals surface area contributed by atoms with Gasteiger partial charge in [0.1, 0.15) is 10.7 Å². The minimum Gasteiger partial charge on any atom is -0.493 e. The molecule has 3 aromatic rings. The van der Waals surface area contributed by atoms with Crippen molar-refractivity contribution in [1.82, 2.24) is 9.78 Å². The molecule has 2 aromatic carbocycles. The van der Waals surface area contributed by atoms with E-state index >= 15 is 0 Å². The number of para-hydroxylation sites is 2. The van der Waals surface area contributed by atoms with Crippen LogP contribution in [-0.4, -0.2) is 29.7 Å². The number of hydrogen-bond donors (Lipinski definition) is 1. The Hall–Kier alpha value is -3.32. The van der Waals surface area contributed by atoms with Crippen molar-refractivity contribution in [3.63, 3.8) is 0 Å². The van der Waals surface area contributed by atoms with Gasteiger partial charge < -0.3 is 9.47 Å². The van der Waals surface area contributed by atoms with Gasteiger partial charge in [-0.1, -0.05) is 35.9 Å². The lowest BCUT2D eigenvalue weighted by molar-refractivity contribution is 0.310. The fraction of sp³-hybridized carbons (Fsp3) is 0.150. The van der Waals surface area contributed by atoms with Gasteiger partial charge in [-0.15, -0.1) is 0 Å². The molecule has 0 aliphatic rings. The summed E-state index contributed by atoms with van der Waals surface area (Å²) in [6, 6.07) is 14.5. The maximum Gasteiger partial charge on any atom is 0.292 e. The van der Waals surface area contributed by atoms with Crippen LogP contribution in [-0.2, 0) is 0 Å². The summed E-state index contributed by atoms with van der Waals surface area (Å²) in [5.41, 5.74) is 3.96. The van der Waals surface area contributed by atoms with E-state index in [1.54, 1.807) is 31.5 Å². The first-order valence-corrected chi connectivity index (χ1v) is 8.95. The first kappa shape index (κ1) is 19.4. The molecule has 0 saturated heterocycles. The highest BCUT2D eigenvalue weighted by Gasteiger charge is 2.11. The molecule has 0 aliphatic heterocycles. The third-order valence-corrected chi connectivity index (χ3v) is 4.19. The predicted octanol–water partition coefficient (Wildman–Crippen LogP) is 3.74. The molecular formula is C20H19ClN4O3. The van der Waals surface area contributed by atoms with E-state index in [0.717, 1.165) is 5.56 Å². The molecule has 8 heteroatoms. The summed E-state index contributed by atoms with van der Waals surface area (Å²) in [5.74, 6) is 1.19. The van der Waals surface area contributed by atoms with E-state index in [0.29, 0.717) is 29.5 Å². The second-order valence-electron chi connectivity index (χ2n) is 5.61. The van der Waals surface area contributed by atoms with Gasteiger partial charge in [0.2, 0.25) is 0 Å². The number of nitrogens with one attached hydrogen (secondary N) is 1. The number of aromatic nitrogens is 2. The Bertz CT molecular complexity index is 1040. The quantitative estimate of drug-likeness (QED) is 0.484. The number of rotatable bonds is 7. The van der Waals surface area contributed by atoms with Crippen LogP contribution in [0.2, 0.25) is 5.02 Å².